The average molecular weight is 230 g/mol. The first kappa shape index (κ1) is 12.8. The SMILES string of the molecule is CCNC(C)CC(=O)NCC1CCSC1. The van der Waals surface area contributed by atoms with Crippen LogP contribution in [0.2, 0.25) is 0 Å². The van der Waals surface area contributed by atoms with E-state index in [0.29, 0.717) is 12.3 Å². The maximum absolute atomic E-state index is 11.5. The van der Waals surface area contributed by atoms with Crippen LogP contribution in [-0.4, -0.2) is 36.5 Å². The lowest BCUT2D eigenvalue weighted by Crippen LogP contribution is -2.35. The summed E-state index contributed by atoms with van der Waals surface area (Å²) in [6, 6.07) is 0.285. The van der Waals surface area contributed by atoms with Crippen LogP contribution in [0.5, 0.6) is 0 Å². The maximum atomic E-state index is 11.5. The topological polar surface area (TPSA) is 41.1 Å². The fraction of sp³-hybridized carbons (Fsp3) is 0.909. The van der Waals surface area contributed by atoms with Crippen molar-refractivity contribution in [2.24, 2.45) is 5.92 Å². The lowest BCUT2D eigenvalue weighted by molar-refractivity contribution is -0.121. The highest BCUT2D eigenvalue weighted by atomic mass is 32.2. The molecule has 15 heavy (non-hydrogen) atoms. The maximum Gasteiger partial charge on any atom is 0.221 e. The van der Waals surface area contributed by atoms with Gasteiger partial charge in [-0.1, -0.05) is 6.92 Å². The zero-order valence-electron chi connectivity index (χ0n) is 9.71. The molecule has 2 atom stereocenters. The lowest BCUT2D eigenvalue weighted by atomic mass is 10.1. The van der Waals surface area contributed by atoms with E-state index in [1.165, 1.54) is 17.9 Å². The van der Waals surface area contributed by atoms with Crippen molar-refractivity contribution in [3.63, 3.8) is 0 Å². The van der Waals surface area contributed by atoms with Gasteiger partial charge in [-0.3, -0.25) is 4.79 Å². The van der Waals surface area contributed by atoms with Crippen LogP contribution in [0.3, 0.4) is 0 Å². The van der Waals surface area contributed by atoms with E-state index in [-0.39, 0.29) is 11.9 Å². The number of hydrogen-bond donors (Lipinski definition) is 2. The first-order valence-corrected chi connectivity index (χ1v) is 6.95. The minimum absolute atomic E-state index is 0.181. The van der Waals surface area contributed by atoms with Crippen LogP contribution in [0.4, 0.5) is 0 Å². The number of rotatable bonds is 6. The molecule has 2 N–H and O–H groups in total. The first-order valence-electron chi connectivity index (χ1n) is 5.80. The zero-order valence-corrected chi connectivity index (χ0v) is 10.5. The lowest BCUT2D eigenvalue weighted by Gasteiger charge is -2.14. The average Bonchev–Trinajstić information content (AvgIpc) is 2.67. The van der Waals surface area contributed by atoms with Crippen LogP contribution < -0.4 is 10.6 Å². The molecule has 88 valence electrons. The molecular formula is C11H22N2OS. The van der Waals surface area contributed by atoms with Crippen LogP contribution in [0.1, 0.15) is 26.7 Å². The molecule has 1 saturated heterocycles. The van der Waals surface area contributed by atoms with Gasteiger partial charge >= 0.3 is 0 Å². The number of hydrogen-bond acceptors (Lipinski definition) is 3. The molecule has 0 aliphatic carbocycles. The van der Waals surface area contributed by atoms with Gasteiger partial charge in [-0.2, -0.15) is 11.8 Å². The Hall–Kier alpha value is -0.220. The van der Waals surface area contributed by atoms with Crippen molar-refractivity contribution < 1.29 is 4.79 Å². The highest BCUT2D eigenvalue weighted by Crippen LogP contribution is 2.22. The third-order valence-electron chi connectivity index (χ3n) is 2.66. The third kappa shape index (κ3) is 5.42. The minimum Gasteiger partial charge on any atom is -0.356 e. The summed E-state index contributed by atoms with van der Waals surface area (Å²) in [6.45, 7) is 5.90. The molecule has 1 aliphatic heterocycles. The summed E-state index contributed by atoms with van der Waals surface area (Å²) in [7, 11) is 0. The van der Waals surface area contributed by atoms with Crippen molar-refractivity contribution in [2.45, 2.75) is 32.7 Å². The molecule has 3 nitrogen and oxygen atoms in total. The smallest absolute Gasteiger partial charge is 0.221 e. The molecule has 0 bridgehead atoms. The van der Waals surface area contributed by atoms with Gasteiger partial charge in [0.2, 0.25) is 5.91 Å². The first-order chi connectivity index (χ1) is 7.22. The van der Waals surface area contributed by atoms with E-state index < -0.39 is 0 Å². The van der Waals surface area contributed by atoms with E-state index in [1.54, 1.807) is 0 Å². The molecule has 1 heterocycles. The van der Waals surface area contributed by atoms with Gasteiger partial charge in [-0.25, -0.2) is 0 Å². The Morgan fingerprint density at radius 2 is 2.40 bits per heavy atom. The van der Waals surface area contributed by atoms with Gasteiger partial charge in [-0.15, -0.1) is 0 Å². The standard InChI is InChI=1S/C11H22N2OS/c1-3-12-9(2)6-11(14)13-7-10-4-5-15-8-10/h9-10,12H,3-8H2,1-2H3,(H,13,14). The Balaban J connectivity index is 2.07. The van der Waals surface area contributed by atoms with E-state index in [1.807, 2.05) is 11.8 Å². The summed E-state index contributed by atoms with van der Waals surface area (Å²) in [6.07, 6.45) is 1.85. The molecule has 0 aromatic carbocycles. The van der Waals surface area contributed by atoms with Crippen LogP contribution >= 0.6 is 11.8 Å². The number of carbonyl (C=O) groups is 1. The van der Waals surface area contributed by atoms with Gasteiger partial charge in [0, 0.05) is 19.0 Å². The number of nitrogens with one attached hydrogen (secondary N) is 2. The van der Waals surface area contributed by atoms with Gasteiger partial charge in [0.25, 0.3) is 0 Å². The molecule has 1 amide bonds. The molecule has 1 aliphatic rings. The van der Waals surface area contributed by atoms with Gasteiger partial charge < -0.3 is 10.6 Å². The molecule has 0 aromatic heterocycles. The second-order valence-corrected chi connectivity index (χ2v) is 5.35. The second-order valence-electron chi connectivity index (χ2n) is 4.20. The molecule has 0 saturated carbocycles. The summed E-state index contributed by atoms with van der Waals surface area (Å²) in [5.74, 6) is 3.35. The monoisotopic (exact) mass is 230 g/mol. The quantitative estimate of drug-likeness (QED) is 0.721. The Bertz CT molecular complexity index is 193. The van der Waals surface area contributed by atoms with Crippen LogP contribution in [0.25, 0.3) is 0 Å². The second kappa shape index (κ2) is 7.12. The van der Waals surface area contributed by atoms with Crippen molar-refractivity contribution in [2.75, 3.05) is 24.6 Å². The van der Waals surface area contributed by atoms with Crippen molar-refractivity contribution in [1.29, 1.82) is 0 Å². The van der Waals surface area contributed by atoms with Gasteiger partial charge in [0.15, 0.2) is 0 Å². The highest BCUT2D eigenvalue weighted by Gasteiger charge is 2.16. The summed E-state index contributed by atoms with van der Waals surface area (Å²) >= 11 is 1.99. The van der Waals surface area contributed by atoms with Crippen LogP contribution in [0.15, 0.2) is 0 Å². The van der Waals surface area contributed by atoms with E-state index in [2.05, 4.69) is 24.5 Å². The van der Waals surface area contributed by atoms with E-state index in [0.717, 1.165) is 13.1 Å². The van der Waals surface area contributed by atoms with E-state index in [9.17, 15) is 4.79 Å². The molecule has 2 unspecified atom stereocenters. The number of thioether (sulfide) groups is 1. The number of amides is 1. The predicted octanol–water partition coefficient (Wildman–Crippen LogP) is 1.24. The Morgan fingerprint density at radius 3 is 3.00 bits per heavy atom. The largest absolute Gasteiger partial charge is 0.356 e. The van der Waals surface area contributed by atoms with Crippen molar-refractivity contribution in [3.8, 4) is 0 Å². The normalized spacial score (nSPS) is 22.7. The minimum atomic E-state index is 0.181. The summed E-state index contributed by atoms with van der Waals surface area (Å²) < 4.78 is 0. The third-order valence-corrected chi connectivity index (χ3v) is 3.89. The molecule has 0 radical (unpaired) electrons. The Morgan fingerprint density at radius 1 is 1.60 bits per heavy atom. The summed E-state index contributed by atoms with van der Waals surface area (Å²) in [5.41, 5.74) is 0. The molecule has 0 aromatic rings. The molecule has 1 rings (SSSR count). The van der Waals surface area contributed by atoms with Gasteiger partial charge in [0.1, 0.15) is 0 Å². The van der Waals surface area contributed by atoms with Crippen molar-refractivity contribution >= 4 is 17.7 Å². The fourth-order valence-electron chi connectivity index (χ4n) is 1.77. The highest BCUT2D eigenvalue weighted by molar-refractivity contribution is 7.99. The summed E-state index contributed by atoms with van der Waals surface area (Å²) in [5, 5.41) is 6.26. The summed E-state index contributed by atoms with van der Waals surface area (Å²) in [4.78, 5) is 11.5. The molecule has 1 fully saturated rings. The van der Waals surface area contributed by atoms with Gasteiger partial charge in [-0.05, 0) is 37.3 Å². The Kier molecular flexibility index (Phi) is 6.10. The molecule has 4 heteroatoms. The Labute approximate surface area is 96.8 Å². The van der Waals surface area contributed by atoms with Crippen molar-refractivity contribution in [1.82, 2.24) is 10.6 Å². The van der Waals surface area contributed by atoms with Gasteiger partial charge in [0.05, 0.1) is 0 Å². The van der Waals surface area contributed by atoms with E-state index >= 15 is 0 Å². The van der Waals surface area contributed by atoms with E-state index in [4.69, 9.17) is 0 Å². The predicted molar refractivity (Wildman–Crippen MR) is 66.2 cm³/mol. The zero-order chi connectivity index (χ0) is 11.1. The van der Waals surface area contributed by atoms with Crippen LogP contribution in [-0.2, 0) is 4.79 Å². The molecular weight excluding hydrogens is 208 g/mol. The van der Waals surface area contributed by atoms with Crippen LogP contribution in [0, 0.1) is 5.92 Å². The fourth-order valence-corrected chi connectivity index (χ4v) is 3.06. The number of carbonyl (C=O) groups excluding carboxylic acids is 1. The van der Waals surface area contributed by atoms with Crippen molar-refractivity contribution in [3.05, 3.63) is 0 Å². The molecule has 0 spiro atoms.